The molecule has 6 aliphatic rings. The Balaban J connectivity index is 1.26. The quantitative estimate of drug-likeness (QED) is 0.219. The number of hydrogen-bond donors (Lipinski definition) is 2. The van der Waals surface area contributed by atoms with E-state index in [0.717, 1.165) is 91.6 Å². The van der Waals surface area contributed by atoms with E-state index < -0.39 is 5.41 Å². The third kappa shape index (κ3) is 4.73. The molecule has 3 saturated heterocycles. The highest BCUT2D eigenvalue weighted by Gasteiger charge is 2.63. The number of hydrogen-bond acceptors (Lipinski definition) is 7. The second-order valence-electron chi connectivity index (χ2n) is 16.7. The van der Waals surface area contributed by atoms with Gasteiger partial charge in [0.2, 0.25) is 0 Å². The van der Waals surface area contributed by atoms with Crippen LogP contribution in [0.5, 0.6) is 5.75 Å². The smallest absolute Gasteiger partial charge is 0.319 e. The molecule has 0 spiro atoms. The zero-order chi connectivity index (χ0) is 36.1. The predicted molar refractivity (Wildman–Crippen MR) is 202 cm³/mol. The van der Waals surface area contributed by atoms with E-state index in [9.17, 15) is 9.59 Å². The number of likely N-dealkylation sites (N-methyl/N-ethyl adjacent to an activating group) is 1. The van der Waals surface area contributed by atoms with Crippen LogP contribution in [0.1, 0.15) is 79.9 Å². The molecule has 0 amide bonds. The van der Waals surface area contributed by atoms with Crippen molar-refractivity contribution in [2.75, 3.05) is 48.0 Å². The maximum atomic E-state index is 14.2. The normalized spacial score (nSPS) is 33.8. The number of carbonyl (C=O) groups is 2. The predicted octanol–water partition coefficient (Wildman–Crippen LogP) is 6.57. The van der Waals surface area contributed by atoms with Crippen LogP contribution in [0.3, 0.4) is 0 Å². The van der Waals surface area contributed by atoms with Gasteiger partial charge in [0, 0.05) is 76.4 Å². The highest BCUT2D eigenvalue weighted by atomic mass is 16.5. The zero-order valence-electron chi connectivity index (χ0n) is 31.6. The number of methoxy groups -OCH3 is 3. The lowest BCUT2D eigenvalue weighted by molar-refractivity contribution is -0.162. The van der Waals surface area contributed by atoms with E-state index in [1.165, 1.54) is 28.6 Å². The minimum Gasteiger partial charge on any atom is -0.496 e. The lowest BCUT2D eigenvalue weighted by Crippen LogP contribution is -2.67. The first kappa shape index (κ1) is 34.0. The number of esters is 2. The van der Waals surface area contributed by atoms with Crippen molar-refractivity contribution in [3.8, 4) is 5.75 Å². The van der Waals surface area contributed by atoms with Crippen molar-refractivity contribution in [1.29, 1.82) is 0 Å². The summed E-state index contributed by atoms with van der Waals surface area (Å²) < 4.78 is 17.7. The van der Waals surface area contributed by atoms with Gasteiger partial charge in [0.25, 0.3) is 0 Å². The lowest BCUT2D eigenvalue weighted by Gasteiger charge is -2.57. The topological polar surface area (TPSA) is 99.9 Å². The van der Waals surface area contributed by atoms with E-state index >= 15 is 0 Å². The van der Waals surface area contributed by atoms with Gasteiger partial charge < -0.3 is 29.1 Å². The average Bonchev–Trinajstić information content (AvgIpc) is 3.69. The molecular formula is C43H54N4O5. The van der Waals surface area contributed by atoms with Crippen molar-refractivity contribution in [2.45, 2.75) is 82.2 Å². The van der Waals surface area contributed by atoms with Crippen LogP contribution in [0.2, 0.25) is 0 Å². The first-order chi connectivity index (χ1) is 25.3. The fraction of sp³-hybridized carbons (Fsp3) is 0.581. The molecule has 4 aliphatic heterocycles. The number of aromatic nitrogens is 2. The standard InChI is InChI=1S/C43H54N4O5/c1-7-24-15-23-20-43(42(49)52-6)39-27(13-14-47(21-23)40(24)43)29-19-36(50-4)30(17-34(29)45-39)31-16-28-25(8-2)22-46(3)35(37(28)41(48)51-5)18-32-26-11-9-10-12-33(26)44-38(31)32/h9-12,17,19,23-25,28,31,35,37,40,44-45H,7-8,13-16,18,20-22H2,1-6H3/t23-,24+,25-,28-,31+,35-,37?,40+,43-/m1/s1. The molecule has 4 aromatic rings. The molecule has 2 N–H and O–H groups in total. The summed E-state index contributed by atoms with van der Waals surface area (Å²) in [5, 5.41) is 2.35. The van der Waals surface area contributed by atoms with Gasteiger partial charge in [-0.15, -0.1) is 0 Å². The Morgan fingerprint density at radius 1 is 0.923 bits per heavy atom. The molecule has 0 radical (unpaired) electrons. The highest BCUT2D eigenvalue weighted by Crippen LogP contribution is 2.56. The van der Waals surface area contributed by atoms with Crippen LogP contribution in [0, 0.1) is 29.6 Å². The monoisotopic (exact) mass is 706 g/mol. The zero-order valence-corrected chi connectivity index (χ0v) is 31.6. The molecule has 4 fully saturated rings. The van der Waals surface area contributed by atoms with Crippen molar-refractivity contribution >= 4 is 33.7 Å². The van der Waals surface area contributed by atoms with Crippen LogP contribution < -0.4 is 4.74 Å². The first-order valence-corrected chi connectivity index (χ1v) is 19.7. The van der Waals surface area contributed by atoms with Crippen molar-refractivity contribution in [2.24, 2.45) is 29.6 Å². The summed E-state index contributed by atoms with van der Waals surface area (Å²) in [6.07, 6.45) is 6.50. The Morgan fingerprint density at radius 3 is 2.48 bits per heavy atom. The molecule has 6 heterocycles. The minimum atomic E-state index is -0.718. The number of ether oxygens (including phenoxy) is 3. The number of rotatable bonds is 6. The summed E-state index contributed by atoms with van der Waals surface area (Å²) in [4.78, 5) is 40.9. The van der Waals surface area contributed by atoms with Crippen molar-refractivity contribution in [3.05, 3.63) is 64.5 Å². The number of fused-ring (bicyclic) bond motifs is 9. The summed E-state index contributed by atoms with van der Waals surface area (Å²) in [7, 11) is 7.06. The van der Waals surface area contributed by atoms with Crippen LogP contribution in [-0.2, 0) is 37.3 Å². The van der Waals surface area contributed by atoms with E-state index in [4.69, 9.17) is 14.2 Å². The van der Waals surface area contributed by atoms with E-state index in [1.54, 1.807) is 21.3 Å². The summed E-state index contributed by atoms with van der Waals surface area (Å²) in [6, 6.07) is 13.3. The lowest BCUT2D eigenvalue weighted by atomic mass is 9.56. The third-order valence-electron chi connectivity index (χ3n) is 14.6. The van der Waals surface area contributed by atoms with E-state index in [2.05, 4.69) is 77.1 Å². The minimum absolute atomic E-state index is 0.0411. The molecule has 2 aromatic heterocycles. The highest BCUT2D eigenvalue weighted by molar-refractivity contribution is 5.93. The summed E-state index contributed by atoms with van der Waals surface area (Å²) in [5.74, 6) is 1.79. The summed E-state index contributed by atoms with van der Waals surface area (Å²) in [6.45, 7) is 7.49. The molecule has 2 unspecified atom stereocenters. The molecule has 10 rings (SSSR count). The fourth-order valence-corrected chi connectivity index (χ4v) is 12.4. The maximum Gasteiger partial charge on any atom is 0.319 e. The van der Waals surface area contributed by atoms with Gasteiger partial charge in [0.1, 0.15) is 11.2 Å². The number of likely N-dealkylation sites (tertiary alicyclic amines) is 1. The Labute approximate surface area is 306 Å². The number of piperidine rings is 3. The number of nitrogens with one attached hydrogen (secondary N) is 2. The molecule has 9 nitrogen and oxygen atoms in total. The van der Waals surface area contributed by atoms with Crippen LogP contribution in [0.15, 0.2) is 36.4 Å². The SMILES string of the molecule is CC[C@H]1C[C@H]2CN3CCc4c([nH]c5cc([C@@H]6C[C@H]7C(C(=O)OC)[C@@H](Cc8c6[nH]c6ccccc86)N(C)C[C@H]7CC)c(OC)cc45)[C@](C(=O)OC)(C2)[C@H]13. The van der Waals surface area contributed by atoms with Gasteiger partial charge in [-0.05, 0) is 92.1 Å². The molecule has 52 heavy (non-hydrogen) atoms. The second kappa shape index (κ2) is 12.7. The van der Waals surface area contributed by atoms with Gasteiger partial charge in [0.15, 0.2) is 0 Å². The molecule has 9 heteroatoms. The first-order valence-electron chi connectivity index (χ1n) is 19.7. The summed E-state index contributed by atoms with van der Waals surface area (Å²) >= 11 is 0. The van der Waals surface area contributed by atoms with Crippen LogP contribution in [0.25, 0.3) is 21.8 Å². The molecular weight excluding hydrogens is 652 g/mol. The van der Waals surface area contributed by atoms with Gasteiger partial charge in [0.05, 0.1) is 27.2 Å². The largest absolute Gasteiger partial charge is 0.496 e. The number of aromatic amines is 2. The van der Waals surface area contributed by atoms with Crippen molar-refractivity contribution < 1.29 is 23.8 Å². The van der Waals surface area contributed by atoms with Crippen LogP contribution >= 0.6 is 0 Å². The van der Waals surface area contributed by atoms with Crippen LogP contribution in [-0.4, -0.2) is 91.8 Å². The van der Waals surface area contributed by atoms with Crippen molar-refractivity contribution in [3.63, 3.8) is 0 Å². The van der Waals surface area contributed by atoms with Crippen LogP contribution in [0.4, 0.5) is 0 Å². The van der Waals surface area contributed by atoms with Gasteiger partial charge in [-0.1, -0.05) is 44.9 Å². The number of benzene rings is 2. The third-order valence-corrected chi connectivity index (χ3v) is 14.6. The second-order valence-corrected chi connectivity index (χ2v) is 16.7. The fourth-order valence-electron chi connectivity index (χ4n) is 12.4. The van der Waals surface area contributed by atoms with Gasteiger partial charge in [-0.2, -0.15) is 0 Å². The molecule has 6 bridgehead atoms. The molecule has 276 valence electrons. The summed E-state index contributed by atoms with van der Waals surface area (Å²) in [5.41, 5.74) is 7.34. The Bertz CT molecular complexity index is 2050. The molecule has 2 aromatic carbocycles. The number of para-hydroxylation sites is 1. The Hall–Kier alpha value is -3.82. The molecule has 1 saturated carbocycles. The Kier molecular flexibility index (Phi) is 8.27. The van der Waals surface area contributed by atoms with E-state index in [0.29, 0.717) is 17.8 Å². The maximum absolute atomic E-state index is 14.2. The van der Waals surface area contributed by atoms with Gasteiger partial charge in [-0.3, -0.25) is 14.5 Å². The van der Waals surface area contributed by atoms with Gasteiger partial charge in [-0.25, -0.2) is 0 Å². The van der Waals surface area contributed by atoms with Gasteiger partial charge >= 0.3 is 11.9 Å². The number of nitrogens with zero attached hydrogens (tertiary/aromatic N) is 2. The number of carbonyl (C=O) groups excluding carboxylic acids is 2. The Morgan fingerprint density at radius 2 is 1.73 bits per heavy atom. The van der Waals surface area contributed by atoms with E-state index in [1.807, 2.05) is 0 Å². The van der Waals surface area contributed by atoms with Crippen molar-refractivity contribution in [1.82, 2.24) is 19.8 Å². The number of H-pyrrole nitrogens is 2. The molecule has 2 aliphatic carbocycles. The average molecular weight is 707 g/mol. The molecule has 10 atom stereocenters. The van der Waals surface area contributed by atoms with E-state index in [-0.39, 0.29) is 41.8 Å².